The Labute approximate surface area is 167 Å². The number of nitrogens with zero attached hydrogens (tertiary/aromatic N) is 1. The Kier molecular flexibility index (Phi) is 6.93. The van der Waals surface area contributed by atoms with Crippen LogP contribution in [-0.4, -0.2) is 37.6 Å². The van der Waals surface area contributed by atoms with Gasteiger partial charge in [0, 0.05) is 19.1 Å². The van der Waals surface area contributed by atoms with Crippen LogP contribution in [0.1, 0.15) is 47.7 Å². The second-order valence-corrected chi connectivity index (χ2v) is 7.33. The third-order valence-corrected chi connectivity index (χ3v) is 5.52. The zero-order valence-electron chi connectivity index (χ0n) is 17.0. The van der Waals surface area contributed by atoms with Crippen molar-refractivity contribution < 1.29 is 14.3 Å². The minimum Gasteiger partial charge on any atom is -0.497 e. The third kappa shape index (κ3) is 4.84. The number of benzene rings is 2. The molecule has 2 aromatic rings. The van der Waals surface area contributed by atoms with Crippen LogP contribution in [0.25, 0.3) is 0 Å². The summed E-state index contributed by atoms with van der Waals surface area (Å²) in [6.45, 7) is 4.86. The van der Waals surface area contributed by atoms with E-state index in [4.69, 9.17) is 9.47 Å². The lowest BCUT2D eigenvalue weighted by Crippen LogP contribution is -2.37. The van der Waals surface area contributed by atoms with Crippen molar-refractivity contribution in [3.63, 3.8) is 0 Å². The second kappa shape index (κ2) is 9.60. The normalized spacial score (nSPS) is 17.2. The number of hydrogen-bond donors (Lipinski definition) is 1. The average molecular weight is 383 g/mol. The van der Waals surface area contributed by atoms with Crippen molar-refractivity contribution in [1.82, 2.24) is 10.2 Å². The van der Waals surface area contributed by atoms with E-state index < -0.39 is 0 Å². The Hall–Kier alpha value is -2.53. The molecule has 5 heteroatoms. The highest BCUT2D eigenvalue weighted by Gasteiger charge is 2.19. The first-order chi connectivity index (χ1) is 13.6. The molecule has 3 rings (SSSR count). The van der Waals surface area contributed by atoms with Crippen molar-refractivity contribution in [3.05, 3.63) is 59.2 Å². The SMILES string of the molecule is COc1ccc(OC)c(C(=O)NCc2ccccc2CN2CCCCC2C)c1. The monoisotopic (exact) mass is 382 g/mol. The van der Waals surface area contributed by atoms with Crippen molar-refractivity contribution in [2.24, 2.45) is 0 Å². The highest BCUT2D eigenvalue weighted by atomic mass is 16.5. The first-order valence-corrected chi connectivity index (χ1v) is 9.93. The molecule has 0 spiro atoms. The van der Waals surface area contributed by atoms with Crippen molar-refractivity contribution >= 4 is 5.91 Å². The van der Waals surface area contributed by atoms with Gasteiger partial charge in [0.05, 0.1) is 19.8 Å². The van der Waals surface area contributed by atoms with E-state index in [9.17, 15) is 4.79 Å². The van der Waals surface area contributed by atoms with Gasteiger partial charge >= 0.3 is 0 Å². The molecular weight excluding hydrogens is 352 g/mol. The van der Waals surface area contributed by atoms with Gasteiger partial charge in [-0.3, -0.25) is 9.69 Å². The molecule has 1 N–H and O–H groups in total. The second-order valence-electron chi connectivity index (χ2n) is 7.33. The highest BCUT2D eigenvalue weighted by molar-refractivity contribution is 5.97. The molecule has 0 bridgehead atoms. The summed E-state index contributed by atoms with van der Waals surface area (Å²) in [5.41, 5.74) is 2.90. The van der Waals surface area contributed by atoms with Crippen LogP contribution in [0, 0.1) is 0 Å². The lowest BCUT2D eigenvalue weighted by atomic mass is 10.0. The average Bonchev–Trinajstić information content (AvgIpc) is 2.74. The number of amides is 1. The van der Waals surface area contributed by atoms with Gasteiger partial charge in [-0.1, -0.05) is 30.7 Å². The van der Waals surface area contributed by atoms with E-state index in [0.29, 0.717) is 29.6 Å². The molecule has 1 fully saturated rings. The number of hydrogen-bond acceptors (Lipinski definition) is 4. The van der Waals surface area contributed by atoms with Crippen LogP contribution in [0.5, 0.6) is 11.5 Å². The number of rotatable bonds is 7. The zero-order chi connectivity index (χ0) is 19.9. The third-order valence-electron chi connectivity index (χ3n) is 5.52. The molecule has 1 aliphatic rings. The first kappa shape index (κ1) is 20.2. The molecule has 0 aliphatic carbocycles. The van der Waals surface area contributed by atoms with Gasteiger partial charge < -0.3 is 14.8 Å². The minimum absolute atomic E-state index is 0.170. The smallest absolute Gasteiger partial charge is 0.255 e. The molecule has 1 amide bonds. The molecule has 0 radical (unpaired) electrons. The van der Waals surface area contributed by atoms with E-state index in [1.54, 1.807) is 32.4 Å². The van der Waals surface area contributed by atoms with Crippen LogP contribution < -0.4 is 14.8 Å². The van der Waals surface area contributed by atoms with Crippen LogP contribution in [0.2, 0.25) is 0 Å². The summed E-state index contributed by atoms with van der Waals surface area (Å²) >= 11 is 0. The molecular formula is C23H30N2O3. The predicted molar refractivity (Wildman–Crippen MR) is 111 cm³/mol. The molecule has 5 nitrogen and oxygen atoms in total. The molecule has 1 atom stereocenters. The molecule has 1 heterocycles. The van der Waals surface area contributed by atoms with Crippen molar-refractivity contribution in [3.8, 4) is 11.5 Å². The van der Waals surface area contributed by atoms with Crippen molar-refractivity contribution in [1.29, 1.82) is 0 Å². The topological polar surface area (TPSA) is 50.8 Å². The highest BCUT2D eigenvalue weighted by Crippen LogP contribution is 2.24. The van der Waals surface area contributed by atoms with E-state index in [1.807, 2.05) is 6.07 Å². The number of methoxy groups -OCH3 is 2. The summed E-state index contributed by atoms with van der Waals surface area (Å²) in [7, 11) is 3.15. The summed E-state index contributed by atoms with van der Waals surface area (Å²) < 4.78 is 10.6. The van der Waals surface area contributed by atoms with Gasteiger partial charge in [-0.05, 0) is 55.6 Å². The van der Waals surface area contributed by atoms with Gasteiger partial charge in [-0.15, -0.1) is 0 Å². The van der Waals surface area contributed by atoms with Crippen LogP contribution in [-0.2, 0) is 13.1 Å². The standard InChI is InChI=1S/C23H30N2O3/c1-17-8-6-7-13-25(17)16-19-10-5-4-9-18(19)15-24-23(26)21-14-20(27-2)11-12-22(21)28-3/h4-5,9-12,14,17H,6-8,13,15-16H2,1-3H3,(H,24,26). The number of carbonyl (C=O) groups is 1. The summed E-state index contributed by atoms with van der Waals surface area (Å²) in [5, 5.41) is 3.04. The lowest BCUT2D eigenvalue weighted by molar-refractivity contribution is 0.0947. The summed E-state index contributed by atoms with van der Waals surface area (Å²) in [4.78, 5) is 15.3. The fourth-order valence-corrected chi connectivity index (χ4v) is 3.76. The van der Waals surface area contributed by atoms with Crippen LogP contribution >= 0.6 is 0 Å². The Balaban J connectivity index is 1.70. The minimum atomic E-state index is -0.170. The lowest BCUT2D eigenvalue weighted by Gasteiger charge is -2.33. The molecule has 1 unspecified atom stereocenters. The maximum Gasteiger partial charge on any atom is 0.255 e. The molecule has 0 saturated carbocycles. The van der Waals surface area contributed by atoms with Gasteiger partial charge in [0.2, 0.25) is 0 Å². The fourth-order valence-electron chi connectivity index (χ4n) is 3.76. The predicted octanol–water partition coefficient (Wildman–Crippen LogP) is 4.01. The Morgan fingerprint density at radius 2 is 1.89 bits per heavy atom. The number of nitrogens with one attached hydrogen (secondary N) is 1. The van der Waals surface area contributed by atoms with E-state index in [0.717, 1.165) is 18.7 Å². The molecule has 2 aromatic carbocycles. The van der Waals surface area contributed by atoms with E-state index in [-0.39, 0.29) is 5.91 Å². The molecule has 1 aliphatic heterocycles. The van der Waals surface area contributed by atoms with Gasteiger partial charge in [0.25, 0.3) is 5.91 Å². The quantitative estimate of drug-likeness (QED) is 0.786. The number of likely N-dealkylation sites (tertiary alicyclic amines) is 1. The number of ether oxygens (including phenoxy) is 2. The molecule has 28 heavy (non-hydrogen) atoms. The van der Waals surface area contributed by atoms with Crippen molar-refractivity contribution in [2.45, 2.75) is 45.3 Å². The van der Waals surface area contributed by atoms with Crippen LogP contribution in [0.15, 0.2) is 42.5 Å². The van der Waals surface area contributed by atoms with Gasteiger partial charge in [0.1, 0.15) is 11.5 Å². The van der Waals surface area contributed by atoms with Gasteiger partial charge in [-0.25, -0.2) is 0 Å². The van der Waals surface area contributed by atoms with E-state index in [2.05, 4.69) is 35.3 Å². The van der Waals surface area contributed by atoms with E-state index >= 15 is 0 Å². The largest absolute Gasteiger partial charge is 0.497 e. The van der Waals surface area contributed by atoms with Gasteiger partial charge in [0.15, 0.2) is 0 Å². The van der Waals surface area contributed by atoms with Crippen molar-refractivity contribution in [2.75, 3.05) is 20.8 Å². The Morgan fingerprint density at radius 3 is 2.61 bits per heavy atom. The number of carbonyl (C=O) groups excluding carboxylic acids is 1. The molecule has 0 aromatic heterocycles. The maximum absolute atomic E-state index is 12.8. The fraction of sp³-hybridized carbons (Fsp3) is 0.435. The maximum atomic E-state index is 12.8. The Morgan fingerprint density at radius 1 is 1.11 bits per heavy atom. The zero-order valence-corrected chi connectivity index (χ0v) is 17.0. The van der Waals surface area contributed by atoms with Crippen LogP contribution in [0.3, 0.4) is 0 Å². The number of piperidine rings is 1. The summed E-state index contributed by atoms with van der Waals surface area (Å²) in [6.07, 6.45) is 3.84. The summed E-state index contributed by atoms with van der Waals surface area (Å²) in [6, 6.07) is 14.2. The molecule has 1 saturated heterocycles. The van der Waals surface area contributed by atoms with Gasteiger partial charge in [-0.2, -0.15) is 0 Å². The van der Waals surface area contributed by atoms with Crippen LogP contribution in [0.4, 0.5) is 0 Å². The molecule has 150 valence electrons. The Bertz CT molecular complexity index is 806. The van der Waals surface area contributed by atoms with E-state index in [1.165, 1.54) is 24.8 Å². The summed E-state index contributed by atoms with van der Waals surface area (Å²) in [5.74, 6) is 0.996. The first-order valence-electron chi connectivity index (χ1n) is 9.93.